The molecule has 0 spiro atoms. The zero-order valence-corrected chi connectivity index (χ0v) is 21.2. The molecule has 0 amide bonds. The Labute approximate surface area is 207 Å². The van der Waals surface area contributed by atoms with Gasteiger partial charge in [-0.15, -0.1) is 9.97 Å². The summed E-state index contributed by atoms with van der Waals surface area (Å²) >= 11 is 6.30. The minimum atomic E-state index is -0.175. The van der Waals surface area contributed by atoms with E-state index in [0.717, 1.165) is 31.4 Å². The summed E-state index contributed by atoms with van der Waals surface area (Å²) in [6, 6.07) is 6.09. The summed E-state index contributed by atoms with van der Waals surface area (Å²) in [5, 5.41) is 16.3. The van der Waals surface area contributed by atoms with Crippen LogP contribution in [0.4, 0.5) is 23.5 Å². The van der Waals surface area contributed by atoms with E-state index in [0.29, 0.717) is 46.3 Å². The highest BCUT2D eigenvalue weighted by Crippen LogP contribution is 2.37. The maximum Gasteiger partial charge on any atom is 0.335 e. The number of anilines is 3. The van der Waals surface area contributed by atoms with Crippen LogP contribution in [0, 0.1) is 5.21 Å². The maximum atomic E-state index is 12.6. The lowest BCUT2D eigenvalue weighted by Gasteiger charge is -2.50. The number of nitrogens with two attached hydrogens (primary N) is 1. The fourth-order valence-electron chi connectivity index (χ4n) is 5.58. The number of likely N-dealkylation sites (tertiary alicyclic amines) is 1. The summed E-state index contributed by atoms with van der Waals surface area (Å²) in [7, 11) is 5.60. The van der Waals surface area contributed by atoms with Crippen molar-refractivity contribution in [3.63, 3.8) is 0 Å². The van der Waals surface area contributed by atoms with Crippen molar-refractivity contribution in [3.8, 4) is 5.75 Å². The maximum absolute atomic E-state index is 12.6. The van der Waals surface area contributed by atoms with Crippen LogP contribution in [0.5, 0.6) is 5.75 Å². The van der Waals surface area contributed by atoms with Gasteiger partial charge in [-0.1, -0.05) is 24.4 Å². The van der Waals surface area contributed by atoms with Crippen LogP contribution < -0.4 is 20.3 Å². The predicted molar refractivity (Wildman–Crippen MR) is 137 cm³/mol. The third kappa shape index (κ3) is 5.38. The van der Waals surface area contributed by atoms with E-state index in [9.17, 15) is 5.21 Å². The first-order valence-corrected chi connectivity index (χ1v) is 12.6. The molecule has 1 aromatic carbocycles. The SMILES string of the molecule is COc1ccc(Nc2nc(N)nc([N+](C)(C3CCCCCC3)C3CC[N+](C)([O-])CC3)n2)cc1Cl. The number of nitrogen functional groups attached to an aromatic ring is 1. The fourth-order valence-corrected chi connectivity index (χ4v) is 5.84. The number of nitrogens with one attached hydrogen (secondary N) is 1. The van der Waals surface area contributed by atoms with E-state index in [1.807, 2.05) is 6.07 Å². The number of nitrogens with zero attached hydrogens (tertiary/aromatic N) is 5. The lowest BCUT2D eigenvalue weighted by molar-refractivity contribution is -0.866. The van der Waals surface area contributed by atoms with Crippen molar-refractivity contribution in [1.29, 1.82) is 0 Å². The zero-order valence-electron chi connectivity index (χ0n) is 20.5. The van der Waals surface area contributed by atoms with Gasteiger partial charge in [-0.2, -0.15) is 4.98 Å². The van der Waals surface area contributed by atoms with E-state index in [-0.39, 0.29) is 16.6 Å². The van der Waals surface area contributed by atoms with Crippen LogP contribution in [0.1, 0.15) is 51.4 Å². The smallest absolute Gasteiger partial charge is 0.335 e. The molecule has 1 atom stereocenters. The monoisotopic (exact) mass is 490 g/mol. The molecule has 34 heavy (non-hydrogen) atoms. The van der Waals surface area contributed by atoms with E-state index in [4.69, 9.17) is 27.1 Å². The minimum Gasteiger partial charge on any atom is -0.633 e. The number of halogens is 1. The van der Waals surface area contributed by atoms with Gasteiger partial charge in [0.25, 0.3) is 0 Å². The largest absolute Gasteiger partial charge is 0.633 e. The van der Waals surface area contributed by atoms with E-state index in [1.165, 1.54) is 25.7 Å². The number of hydroxylamine groups is 3. The number of hydrogen-bond acceptors (Lipinski definition) is 7. The highest BCUT2D eigenvalue weighted by atomic mass is 35.5. The van der Waals surface area contributed by atoms with Crippen LogP contribution >= 0.6 is 11.6 Å². The van der Waals surface area contributed by atoms with Crippen molar-refractivity contribution in [2.45, 2.75) is 63.5 Å². The van der Waals surface area contributed by atoms with Crippen molar-refractivity contribution < 1.29 is 9.38 Å². The summed E-state index contributed by atoms with van der Waals surface area (Å²) in [4.78, 5) is 13.9. The van der Waals surface area contributed by atoms with Crippen molar-refractivity contribution in [3.05, 3.63) is 28.4 Å². The van der Waals surface area contributed by atoms with Gasteiger partial charge in [-0.05, 0) is 43.9 Å². The molecule has 1 unspecified atom stereocenters. The summed E-state index contributed by atoms with van der Waals surface area (Å²) in [6.45, 7) is 1.22. The first kappa shape index (κ1) is 24.9. The van der Waals surface area contributed by atoms with Gasteiger partial charge >= 0.3 is 5.95 Å². The Hall–Kier alpha value is -2.20. The van der Waals surface area contributed by atoms with Crippen molar-refractivity contribution in [2.24, 2.45) is 0 Å². The molecule has 0 bridgehead atoms. The molecule has 2 heterocycles. The van der Waals surface area contributed by atoms with Crippen molar-refractivity contribution >= 4 is 35.1 Å². The number of ether oxygens (including phenoxy) is 1. The molecule has 4 rings (SSSR count). The molecule has 1 aromatic heterocycles. The Morgan fingerprint density at radius 2 is 1.71 bits per heavy atom. The van der Waals surface area contributed by atoms with Gasteiger partial charge < -0.3 is 25.6 Å². The molecule has 3 N–H and O–H groups in total. The van der Waals surface area contributed by atoms with E-state index in [1.54, 1.807) is 26.3 Å². The molecule has 2 aliphatic rings. The Balaban J connectivity index is 1.69. The van der Waals surface area contributed by atoms with Crippen LogP contribution in [-0.2, 0) is 0 Å². The summed E-state index contributed by atoms with van der Waals surface area (Å²) in [5.74, 6) is 1.85. The van der Waals surface area contributed by atoms with E-state index in [2.05, 4.69) is 22.3 Å². The molecule has 2 fully saturated rings. The predicted octanol–water partition coefficient (Wildman–Crippen LogP) is 4.63. The quantitative estimate of drug-likeness (QED) is 0.345. The third-order valence-electron chi connectivity index (χ3n) is 7.69. The van der Waals surface area contributed by atoms with E-state index < -0.39 is 0 Å². The van der Waals surface area contributed by atoms with Gasteiger partial charge in [-0.25, -0.2) is 0 Å². The molecule has 1 saturated carbocycles. The average molecular weight is 491 g/mol. The lowest BCUT2D eigenvalue weighted by atomic mass is 9.95. The lowest BCUT2D eigenvalue weighted by Crippen LogP contribution is -2.64. The second kappa shape index (κ2) is 10.2. The fraction of sp³-hybridized carbons (Fsp3) is 0.625. The van der Waals surface area contributed by atoms with Gasteiger partial charge in [-0.3, -0.25) is 4.48 Å². The van der Waals surface area contributed by atoms with Gasteiger partial charge in [0.15, 0.2) is 0 Å². The molecule has 9 nitrogen and oxygen atoms in total. The molecular weight excluding hydrogens is 454 g/mol. The molecule has 0 radical (unpaired) electrons. The highest BCUT2D eigenvalue weighted by molar-refractivity contribution is 6.32. The summed E-state index contributed by atoms with van der Waals surface area (Å²) in [5.41, 5.74) is 6.95. The van der Waals surface area contributed by atoms with Gasteiger partial charge in [0.2, 0.25) is 11.9 Å². The van der Waals surface area contributed by atoms with Gasteiger partial charge in [0, 0.05) is 18.5 Å². The summed E-state index contributed by atoms with van der Waals surface area (Å²) in [6.07, 6.45) is 8.87. The van der Waals surface area contributed by atoms with Gasteiger partial charge in [0.05, 0.1) is 45.4 Å². The molecular formula is C24H37ClN7O2+. The van der Waals surface area contributed by atoms with Crippen molar-refractivity contribution in [2.75, 3.05) is 45.3 Å². The first-order chi connectivity index (χ1) is 16.2. The molecule has 1 aliphatic heterocycles. The van der Waals surface area contributed by atoms with Crippen LogP contribution in [-0.4, -0.2) is 66.0 Å². The summed E-state index contributed by atoms with van der Waals surface area (Å²) < 4.78 is 5.67. The number of methoxy groups -OCH3 is 1. The Kier molecular flexibility index (Phi) is 7.47. The highest BCUT2D eigenvalue weighted by Gasteiger charge is 2.47. The minimum absolute atomic E-state index is 0.175. The standard InChI is InChI=1S/C24H37ClN7O2/c1-31(33)14-12-19(13-15-31)32(2,18-8-6-4-5-7-9-18)24-29-22(26)28-23(30-24)27-17-10-11-21(34-3)20(25)16-17/h10-11,16,18-19H,4-9,12-15H2,1-3H3,(H3,26,27,28,29,30)/q+1. The third-order valence-corrected chi connectivity index (χ3v) is 7.99. The van der Waals surface area contributed by atoms with Crippen LogP contribution in [0.15, 0.2) is 18.2 Å². The number of benzene rings is 1. The first-order valence-electron chi connectivity index (χ1n) is 12.3. The van der Waals surface area contributed by atoms with Crippen LogP contribution in [0.2, 0.25) is 5.02 Å². The second-order valence-corrected chi connectivity index (χ2v) is 10.5. The number of quaternary nitrogens is 2. The Bertz CT molecular complexity index is 987. The number of rotatable bonds is 6. The average Bonchev–Trinajstić information content (AvgIpc) is 3.08. The molecule has 186 valence electrons. The Morgan fingerprint density at radius 3 is 2.32 bits per heavy atom. The topological polar surface area (TPSA) is 109 Å². The zero-order chi connectivity index (χ0) is 24.3. The number of hydrogen-bond donors (Lipinski definition) is 2. The van der Waals surface area contributed by atoms with Crippen LogP contribution in [0.3, 0.4) is 0 Å². The number of piperidine rings is 1. The molecule has 1 aliphatic carbocycles. The Morgan fingerprint density at radius 1 is 1.06 bits per heavy atom. The molecule has 1 saturated heterocycles. The molecule has 2 aromatic rings. The molecule has 10 heteroatoms. The second-order valence-electron chi connectivity index (χ2n) is 10.1. The number of aromatic nitrogens is 3. The normalized spacial score (nSPS) is 25.9. The van der Waals surface area contributed by atoms with Crippen molar-refractivity contribution in [1.82, 2.24) is 19.4 Å². The van der Waals surface area contributed by atoms with E-state index >= 15 is 0 Å². The van der Waals surface area contributed by atoms with Gasteiger partial charge in [0.1, 0.15) is 11.8 Å². The van der Waals surface area contributed by atoms with Crippen LogP contribution in [0.25, 0.3) is 0 Å².